The number of aromatic nitrogens is 3. The lowest BCUT2D eigenvalue weighted by Gasteiger charge is -1.98. The lowest BCUT2D eigenvalue weighted by Crippen LogP contribution is -2.05. The molecule has 0 aromatic carbocycles. The van der Waals surface area contributed by atoms with Crippen molar-refractivity contribution in [1.82, 2.24) is 14.6 Å². The number of rotatable bonds is 1. The van der Waals surface area contributed by atoms with Gasteiger partial charge in [0.25, 0.3) is 0 Å². The van der Waals surface area contributed by atoms with Gasteiger partial charge in [-0.25, -0.2) is 14.3 Å². The van der Waals surface area contributed by atoms with Gasteiger partial charge in [-0.15, -0.1) is 5.10 Å². The highest BCUT2D eigenvalue weighted by molar-refractivity contribution is 6.34. The van der Waals surface area contributed by atoms with E-state index in [1.54, 1.807) is 0 Å². The van der Waals surface area contributed by atoms with Crippen LogP contribution in [0.4, 0.5) is 0 Å². The van der Waals surface area contributed by atoms with Crippen molar-refractivity contribution < 1.29 is 9.90 Å². The third-order valence-electron chi connectivity index (χ3n) is 1.66. The Morgan fingerprint density at radius 2 is 2.14 bits per heavy atom. The summed E-state index contributed by atoms with van der Waals surface area (Å²) in [6.07, 6.45) is 0. The van der Waals surface area contributed by atoms with Crippen LogP contribution in [0.15, 0.2) is 12.1 Å². The van der Waals surface area contributed by atoms with Crippen LogP contribution >= 0.6 is 23.2 Å². The van der Waals surface area contributed by atoms with Crippen LogP contribution in [0.3, 0.4) is 0 Å². The molecule has 0 spiro atoms. The lowest BCUT2D eigenvalue weighted by atomic mass is 10.4. The van der Waals surface area contributed by atoms with Crippen molar-refractivity contribution >= 4 is 34.7 Å². The van der Waals surface area contributed by atoms with E-state index in [1.165, 1.54) is 12.1 Å². The standard InChI is InChI=1S/C7H3Cl2N3O2/c8-5-3-1-2-4(6(13)14)12(3)11-7(9)10-5/h1-2H,(H,13,14). The Morgan fingerprint density at radius 3 is 2.79 bits per heavy atom. The maximum absolute atomic E-state index is 10.7. The molecule has 5 nitrogen and oxygen atoms in total. The van der Waals surface area contributed by atoms with Gasteiger partial charge in [0.15, 0.2) is 10.8 Å². The molecule has 0 saturated heterocycles. The summed E-state index contributed by atoms with van der Waals surface area (Å²) in [6.45, 7) is 0. The van der Waals surface area contributed by atoms with Crippen molar-refractivity contribution in [3.63, 3.8) is 0 Å². The molecule has 2 aromatic heterocycles. The summed E-state index contributed by atoms with van der Waals surface area (Å²) >= 11 is 11.3. The van der Waals surface area contributed by atoms with E-state index in [9.17, 15) is 4.79 Å². The van der Waals surface area contributed by atoms with Crippen molar-refractivity contribution in [3.8, 4) is 0 Å². The van der Waals surface area contributed by atoms with Gasteiger partial charge in [-0.3, -0.25) is 0 Å². The first-order chi connectivity index (χ1) is 6.59. The summed E-state index contributed by atoms with van der Waals surface area (Å²) in [5.41, 5.74) is 0.402. The molecule has 14 heavy (non-hydrogen) atoms. The molecule has 2 aromatic rings. The van der Waals surface area contributed by atoms with Crippen LogP contribution in [0.5, 0.6) is 0 Å². The molecule has 0 atom stereocenters. The molecule has 2 rings (SSSR count). The van der Waals surface area contributed by atoms with Crippen LogP contribution in [-0.4, -0.2) is 25.7 Å². The van der Waals surface area contributed by atoms with E-state index in [1.807, 2.05) is 0 Å². The van der Waals surface area contributed by atoms with Crippen LogP contribution in [0, 0.1) is 0 Å². The second-order valence-corrected chi connectivity index (χ2v) is 3.19. The number of carbonyl (C=O) groups is 1. The van der Waals surface area contributed by atoms with Crippen molar-refractivity contribution in [1.29, 1.82) is 0 Å². The Labute approximate surface area is 87.9 Å². The zero-order valence-corrected chi connectivity index (χ0v) is 8.12. The van der Waals surface area contributed by atoms with Gasteiger partial charge in [0.2, 0.25) is 5.28 Å². The van der Waals surface area contributed by atoms with Crippen molar-refractivity contribution in [3.05, 3.63) is 28.3 Å². The molecule has 0 aliphatic heterocycles. The van der Waals surface area contributed by atoms with Crippen LogP contribution in [0.2, 0.25) is 10.4 Å². The molecule has 7 heteroatoms. The molecule has 0 aliphatic carbocycles. The predicted molar refractivity (Wildman–Crippen MR) is 50.0 cm³/mol. The average Bonchev–Trinajstić information content (AvgIpc) is 2.47. The maximum atomic E-state index is 10.7. The molecule has 0 bridgehead atoms. The van der Waals surface area contributed by atoms with Crippen molar-refractivity contribution in [2.24, 2.45) is 0 Å². The van der Waals surface area contributed by atoms with E-state index in [2.05, 4.69) is 10.1 Å². The maximum Gasteiger partial charge on any atom is 0.354 e. The number of fused-ring (bicyclic) bond motifs is 1. The number of hydrogen-bond acceptors (Lipinski definition) is 3. The molecular formula is C7H3Cl2N3O2. The van der Waals surface area contributed by atoms with Gasteiger partial charge in [0.1, 0.15) is 5.52 Å². The van der Waals surface area contributed by atoms with E-state index in [0.29, 0.717) is 5.52 Å². The number of halogens is 2. The Hall–Kier alpha value is -1.33. The molecule has 0 fully saturated rings. The molecule has 0 saturated carbocycles. The number of nitrogens with zero attached hydrogens (tertiary/aromatic N) is 3. The van der Waals surface area contributed by atoms with Gasteiger partial charge in [-0.1, -0.05) is 11.6 Å². The monoisotopic (exact) mass is 231 g/mol. The van der Waals surface area contributed by atoms with Gasteiger partial charge in [0.05, 0.1) is 0 Å². The largest absolute Gasteiger partial charge is 0.477 e. The minimum absolute atomic E-state index is 0.00815. The first-order valence-corrected chi connectivity index (χ1v) is 4.29. The quantitative estimate of drug-likeness (QED) is 0.812. The van der Waals surface area contributed by atoms with Gasteiger partial charge in [0, 0.05) is 0 Å². The molecule has 0 aliphatic rings. The molecule has 72 valence electrons. The number of aromatic carboxylic acids is 1. The second-order valence-electron chi connectivity index (χ2n) is 2.49. The Morgan fingerprint density at radius 1 is 1.43 bits per heavy atom. The van der Waals surface area contributed by atoms with E-state index in [4.69, 9.17) is 28.3 Å². The van der Waals surface area contributed by atoms with Crippen LogP contribution in [-0.2, 0) is 0 Å². The third kappa shape index (κ3) is 1.30. The zero-order valence-electron chi connectivity index (χ0n) is 6.61. The van der Waals surface area contributed by atoms with Crippen LogP contribution in [0.1, 0.15) is 10.5 Å². The van der Waals surface area contributed by atoms with Gasteiger partial charge in [-0.05, 0) is 23.7 Å². The fraction of sp³-hybridized carbons (Fsp3) is 0. The highest BCUT2D eigenvalue weighted by atomic mass is 35.5. The van der Waals surface area contributed by atoms with E-state index in [-0.39, 0.29) is 16.1 Å². The summed E-state index contributed by atoms with van der Waals surface area (Å²) in [5.74, 6) is -1.10. The summed E-state index contributed by atoms with van der Waals surface area (Å²) in [6, 6.07) is 2.90. The molecule has 0 radical (unpaired) electrons. The van der Waals surface area contributed by atoms with Gasteiger partial charge < -0.3 is 5.11 Å². The second kappa shape index (κ2) is 3.11. The average molecular weight is 232 g/mol. The van der Waals surface area contributed by atoms with Crippen LogP contribution in [0.25, 0.3) is 5.52 Å². The summed E-state index contributed by atoms with van der Waals surface area (Å²) in [4.78, 5) is 14.4. The summed E-state index contributed by atoms with van der Waals surface area (Å²) in [5, 5.41) is 12.5. The molecule has 2 heterocycles. The van der Waals surface area contributed by atoms with Gasteiger partial charge >= 0.3 is 5.97 Å². The van der Waals surface area contributed by atoms with Gasteiger partial charge in [-0.2, -0.15) is 0 Å². The van der Waals surface area contributed by atoms with E-state index >= 15 is 0 Å². The first kappa shape index (κ1) is 9.23. The number of carboxylic acid groups (broad SMARTS) is 1. The highest BCUT2D eigenvalue weighted by Crippen LogP contribution is 2.18. The Kier molecular flexibility index (Phi) is 2.05. The van der Waals surface area contributed by atoms with E-state index in [0.717, 1.165) is 4.52 Å². The minimum Gasteiger partial charge on any atom is -0.477 e. The topological polar surface area (TPSA) is 67.5 Å². The Balaban J connectivity index is 2.85. The third-order valence-corrected chi connectivity index (χ3v) is 2.10. The minimum atomic E-state index is -1.10. The Bertz CT molecular complexity index is 523. The molecule has 0 amide bonds. The lowest BCUT2D eigenvalue weighted by molar-refractivity contribution is 0.0688. The summed E-state index contributed by atoms with van der Waals surface area (Å²) in [7, 11) is 0. The fourth-order valence-electron chi connectivity index (χ4n) is 1.10. The SMILES string of the molecule is O=C(O)c1ccc2c(Cl)nc(Cl)nn12. The van der Waals surface area contributed by atoms with Crippen molar-refractivity contribution in [2.45, 2.75) is 0 Å². The summed E-state index contributed by atoms with van der Waals surface area (Å²) < 4.78 is 1.14. The molecule has 1 N–H and O–H groups in total. The first-order valence-electron chi connectivity index (χ1n) is 3.53. The fourth-order valence-corrected chi connectivity index (χ4v) is 1.52. The number of carboxylic acids is 1. The van der Waals surface area contributed by atoms with Crippen LogP contribution < -0.4 is 0 Å². The normalized spacial score (nSPS) is 10.7. The number of hydrogen-bond donors (Lipinski definition) is 1. The van der Waals surface area contributed by atoms with Crippen molar-refractivity contribution in [2.75, 3.05) is 0 Å². The molecular weight excluding hydrogens is 229 g/mol. The van der Waals surface area contributed by atoms with E-state index < -0.39 is 5.97 Å². The highest BCUT2D eigenvalue weighted by Gasteiger charge is 2.13. The zero-order chi connectivity index (χ0) is 10.3. The smallest absolute Gasteiger partial charge is 0.354 e. The molecule has 0 unspecified atom stereocenters. The predicted octanol–water partition coefficient (Wildman–Crippen LogP) is 1.73.